The van der Waals surface area contributed by atoms with Gasteiger partial charge in [-0.3, -0.25) is 0 Å². The van der Waals surface area contributed by atoms with Crippen molar-refractivity contribution in [3.05, 3.63) is 0 Å². The predicted molar refractivity (Wildman–Crippen MR) is 70.9 cm³/mol. The van der Waals surface area contributed by atoms with E-state index in [1.807, 2.05) is 0 Å². The Morgan fingerprint density at radius 3 is 2.53 bits per heavy atom. The molecule has 0 aromatic carbocycles. The van der Waals surface area contributed by atoms with Crippen molar-refractivity contribution in [2.24, 2.45) is 11.7 Å². The normalized spacial score (nSPS) is 31.4. The highest BCUT2D eigenvalue weighted by atomic mass is 16.5. The van der Waals surface area contributed by atoms with Crippen molar-refractivity contribution in [1.82, 2.24) is 0 Å². The summed E-state index contributed by atoms with van der Waals surface area (Å²) < 4.78 is 5.97. The van der Waals surface area contributed by atoms with Crippen LogP contribution in [0.25, 0.3) is 0 Å². The van der Waals surface area contributed by atoms with E-state index in [0.29, 0.717) is 19.6 Å². The first kappa shape index (κ1) is 14.9. The minimum Gasteiger partial charge on any atom is -0.393 e. The third-order valence-electron chi connectivity index (χ3n) is 4.03. The van der Waals surface area contributed by atoms with E-state index < -0.39 is 0 Å². The molecular formula is C14H29NO2. The lowest BCUT2D eigenvalue weighted by Gasteiger charge is -2.39. The molecule has 0 amide bonds. The predicted octanol–water partition coefficient (Wildman–Crippen LogP) is 2.46. The number of hydrogen-bond donors (Lipinski definition) is 2. The second-order valence-corrected chi connectivity index (χ2v) is 5.61. The van der Waals surface area contributed by atoms with Gasteiger partial charge in [0.1, 0.15) is 0 Å². The summed E-state index contributed by atoms with van der Waals surface area (Å²) in [6.45, 7) is 5.31. The Morgan fingerprint density at radius 1 is 1.41 bits per heavy atom. The Labute approximate surface area is 106 Å². The van der Waals surface area contributed by atoms with Crippen molar-refractivity contribution < 1.29 is 9.84 Å². The van der Waals surface area contributed by atoms with Gasteiger partial charge < -0.3 is 15.6 Å². The SMILES string of the molecule is CCCC1CCC(CN)(OCCC(C)O)CC1. The molecule has 102 valence electrons. The summed E-state index contributed by atoms with van der Waals surface area (Å²) in [7, 11) is 0. The van der Waals surface area contributed by atoms with E-state index >= 15 is 0 Å². The van der Waals surface area contributed by atoms with Crippen molar-refractivity contribution in [3.63, 3.8) is 0 Å². The van der Waals surface area contributed by atoms with Crippen LogP contribution in [0.15, 0.2) is 0 Å². The average molecular weight is 243 g/mol. The van der Waals surface area contributed by atoms with Gasteiger partial charge in [0.25, 0.3) is 0 Å². The van der Waals surface area contributed by atoms with Crippen LogP contribution in [0.1, 0.15) is 58.8 Å². The van der Waals surface area contributed by atoms with E-state index in [1.54, 1.807) is 6.92 Å². The fourth-order valence-corrected chi connectivity index (χ4v) is 2.75. The van der Waals surface area contributed by atoms with E-state index in [2.05, 4.69) is 6.92 Å². The Hall–Kier alpha value is -0.120. The molecular weight excluding hydrogens is 214 g/mol. The fraction of sp³-hybridized carbons (Fsp3) is 1.00. The van der Waals surface area contributed by atoms with Crippen molar-refractivity contribution in [2.45, 2.75) is 70.5 Å². The zero-order valence-electron chi connectivity index (χ0n) is 11.5. The highest BCUT2D eigenvalue weighted by Gasteiger charge is 2.34. The highest BCUT2D eigenvalue weighted by molar-refractivity contribution is 4.88. The van der Waals surface area contributed by atoms with Crippen molar-refractivity contribution in [3.8, 4) is 0 Å². The van der Waals surface area contributed by atoms with Crippen molar-refractivity contribution >= 4 is 0 Å². The molecule has 0 aromatic rings. The molecule has 1 fully saturated rings. The third-order valence-corrected chi connectivity index (χ3v) is 4.03. The van der Waals surface area contributed by atoms with Gasteiger partial charge >= 0.3 is 0 Å². The number of nitrogens with two attached hydrogens (primary N) is 1. The first-order valence-electron chi connectivity index (χ1n) is 7.14. The summed E-state index contributed by atoms with van der Waals surface area (Å²) in [4.78, 5) is 0. The summed E-state index contributed by atoms with van der Waals surface area (Å²) >= 11 is 0. The molecule has 0 radical (unpaired) electrons. The molecule has 0 bridgehead atoms. The van der Waals surface area contributed by atoms with Crippen LogP contribution in [0.4, 0.5) is 0 Å². The molecule has 1 aliphatic rings. The number of ether oxygens (including phenoxy) is 1. The van der Waals surface area contributed by atoms with E-state index in [0.717, 1.165) is 18.8 Å². The molecule has 0 spiro atoms. The van der Waals surface area contributed by atoms with Crippen LogP contribution in [-0.2, 0) is 4.74 Å². The molecule has 0 saturated heterocycles. The number of hydrogen-bond acceptors (Lipinski definition) is 3. The second-order valence-electron chi connectivity index (χ2n) is 5.61. The van der Waals surface area contributed by atoms with Crippen LogP contribution in [0, 0.1) is 5.92 Å². The minimum absolute atomic E-state index is 0.0981. The quantitative estimate of drug-likeness (QED) is 0.722. The highest BCUT2D eigenvalue weighted by Crippen LogP contribution is 2.36. The van der Waals surface area contributed by atoms with Gasteiger partial charge in [0.15, 0.2) is 0 Å². The van der Waals surface area contributed by atoms with Gasteiger partial charge in [-0.1, -0.05) is 19.8 Å². The standard InChI is InChI=1S/C14H29NO2/c1-3-4-13-5-8-14(11-15,9-6-13)17-10-7-12(2)16/h12-13,16H,3-11,15H2,1-2H3. The van der Waals surface area contributed by atoms with E-state index in [1.165, 1.54) is 25.7 Å². The van der Waals surface area contributed by atoms with Gasteiger partial charge in [-0.25, -0.2) is 0 Å². The monoisotopic (exact) mass is 243 g/mol. The molecule has 1 aliphatic carbocycles. The smallest absolute Gasteiger partial charge is 0.0804 e. The Morgan fingerprint density at radius 2 is 2.06 bits per heavy atom. The van der Waals surface area contributed by atoms with Gasteiger partial charge in [-0.05, 0) is 44.9 Å². The molecule has 1 atom stereocenters. The Balaban J connectivity index is 2.33. The molecule has 3 N–H and O–H groups in total. The van der Waals surface area contributed by atoms with Crippen LogP contribution < -0.4 is 5.73 Å². The molecule has 3 heteroatoms. The maximum atomic E-state index is 9.24. The lowest BCUT2D eigenvalue weighted by Crippen LogP contribution is -2.44. The zero-order chi connectivity index (χ0) is 12.7. The molecule has 0 aliphatic heterocycles. The van der Waals surface area contributed by atoms with E-state index in [9.17, 15) is 5.11 Å². The maximum Gasteiger partial charge on any atom is 0.0804 e. The van der Waals surface area contributed by atoms with Crippen LogP contribution in [0.5, 0.6) is 0 Å². The topological polar surface area (TPSA) is 55.5 Å². The molecule has 17 heavy (non-hydrogen) atoms. The van der Waals surface area contributed by atoms with Gasteiger partial charge in [-0.15, -0.1) is 0 Å². The minimum atomic E-state index is -0.277. The van der Waals surface area contributed by atoms with Gasteiger partial charge in [-0.2, -0.15) is 0 Å². The third kappa shape index (κ3) is 4.94. The van der Waals surface area contributed by atoms with Crippen LogP contribution in [-0.4, -0.2) is 30.0 Å². The number of rotatable bonds is 7. The first-order chi connectivity index (χ1) is 8.12. The van der Waals surface area contributed by atoms with Crippen molar-refractivity contribution in [1.29, 1.82) is 0 Å². The van der Waals surface area contributed by atoms with Crippen molar-refractivity contribution in [2.75, 3.05) is 13.2 Å². The summed E-state index contributed by atoms with van der Waals surface area (Å²) in [6, 6.07) is 0. The number of aliphatic hydroxyl groups excluding tert-OH is 1. The van der Waals surface area contributed by atoms with Gasteiger partial charge in [0, 0.05) is 13.2 Å². The van der Waals surface area contributed by atoms with Gasteiger partial charge in [0.2, 0.25) is 0 Å². The number of aliphatic hydroxyl groups is 1. The second kappa shape index (κ2) is 7.34. The van der Waals surface area contributed by atoms with Crippen LogP contribution in [0.2, 0.25) is 0 Å². The lowest BCUT2D eigenvalue weighted by atomic mass is 9.77. The summed E-state index contributed by atoms with van der Waals surface area (Å²) in [6.07, 6.45) is 7.74. The molecule has 0 aromatic heterocycles. The van der Waals surface area contributed by atoms with Crippen LogP contribution in [0.3, 0.4) is 0 Å². The zero-order valence-corrected chi connectivity index (χ0v) is 11.5. The first-order valence-corrected chi connectivity index (χ1v) is 7.14. The summed E-state index contributed by atoms with van der Waals surface area (Å²) in [5, 5.41) is 9.24. The fourth-order valence-electron chi connectivity index (χ4n) is 2.75. The Bertz CT molecular complexity index is 198. The lowest BCUT2D eigenvalue weighted by molar-refractivity contribution is -0.0788. The van der Waals surface area contributed by atoms with Gasteiger partial charge in [0.05, 0.1) is 11.7 Å². The summed E-state index contributed by atoms with van der Waals surface area (Å²) in [5.41, 5.74) is 5.79. The Kier molecular flexibility index (Phi) is 6.45. The average Bonchev–Trinajstić information content (AvgIpc) is 2.31. The largest absolute Gasteiger partial charge is 0.393 e. The van der Waals surface area contributed by atoms with Crippen LogP contribution >= 0.6 is 0 Å². The van der Waals surface area contributed by atoms with E-state index in [4.69, 9.17) is 10.5 Å². The molecule has 1 saturated carbocycles. The molecule has 1 unspecified atom stereocenters. The molecule has 3 nitrogen and oxygen atoms in total. The maximum absolute atomic E-state index is 9.24. The van der Waals surface area contributed by atoms with E-state index in [-0.39, 0.29) is 11.7 Å². The molecule has 1 rings (SSSR count). The summed E-state index contributed by atoms with van der Waals surface area (Å²) in [5.74, 6) is 0.875. The molecule has 0 heterocycles.